The van der Waals surface area contributed by atoms with E-state index in [1.165, 1.54) is 0 Å². The Morgan fingerprint density at radius 1 is 1.26 bits per heavy atom. The third kappa shape index (κ3) is 10.3. The Morgan fingerprint density at radius 3 is 2.48 bits per heavy atom. The van der Waals surface area contributed by atoms with Gasteiger partial charge in [-0.05, 0) is 17.9 Å². The van der Waals surface area contributed by atoms with Gasteiger partial charge in [0.25, 0.3) is 0 Å². The molecule has 1 rings (SSSR count). The predicted octanol–water partition coefficient (Wildman–Crippen LogP) is 1.76. The van der Waals surface area contributed by atoms with Crippen molar-refractivity contribution in [3.05, 3.63) is 47.5 Å². The van der Waals surface area contributed by atoms with Crippen LogP contribution >= 0.6 is 12.6 Å². The lowest BCUT2D eigenvalue weighted by Gasteiger charge is -2.25. The van der Waals surface area contributed by atoms with Crippen LogP contribution in [0.4, 0.5) is 0 Å². The van der Waals surface area contributed by atoms with Gasteiger partial charge in [-0.2, -0.15) is 12.6 Å². The van der Waals surface area contributed by atoms with Crippen molar-refractivity contribution in [3.8, 4) is 0 Å². The van der Waals surface area contributed by atoms with Gasteiger partial charge in [-0.1, -0.05) is 56.7 Å². The number of nitrogens with one attached hydrogen (secondary N) is 2. The Morgan fingerprint density at radius 2 is 1.94 bits per heavy atom. The van der Waals surface area contributed by atoms with Crippen molar-refractivity contribution in [1.82, 2.24) is 10.6 Å². The number of carboxylic acid groups (broad SMARTS) is 1. The highest BCUT2D eigenvalue weighted by Crippen LogP contribution is 2.16. The summed E-state index contributed by atoms with van der Waals surface area (Å²) >= 11 is 4.23. The fourth-order valence-electron chi connectivity index (χ4n) is 3.14. The van der Waals surface area contributed by atoms with Crippen LogP contribution in [0.2, 0.25) is 0 Å². The first-order valence-electron chi connectivity index (χ1n) is 10.8. The number of hydrogen-bond acceptors (Lipinski definition) is 6. The molecule has 0 spiro atoms. The molecular formula is C23H37N3O4S. The third-order valence-corrected chi connectivity index (χ3v) is 5.85. The van der Waals surface area contributed by atoms with Gasteiger partial charge < -0.3 is 26.6 Å². The lowest BCUT2D eigenvalue weighted by atomic mass is 9.93. The zero-order valence-corrected chi connectivity index (χ0v) is 19.4. The second kappa shape index (κ2) is 15.0. The summed E-state index contributed by atoms with van der Waals surface area (Å²) in [5, 5.41) is 24.5. The highest BCUT2D eigenvalue weighted by molar-refractivity contribution is 7.80. The topological polar surface area (TPSA) is 125 Å². The molecule has 6 N–H and O–H groups in total. The van der Waals surface area contributed by atoms with Crippen LogP contribution in [-0.4, -0.2) is 59.1 Å². The van der Waals surface area contributed by atoms with E-state index in [2.05, 4.69) is 37.1 Å². The summed E-state index contributed by atoms with van der Waals surface area (Å²) in [5.74, 6) is -0.648. The first-order chi connectivity index (χ1) is 14.8. The van der Waals surface area contributed by atoms with E-state index in [-0.39, 0.29) is 25.1 Å². The van der Waals surface area contributed by atoms with Gasteiger partial charge in [-0.25, -0.2) is 4.79 Å². The number of amides is 1. The summed E-state index contributed by atoms with van der Waals surface area (Å²) in [5.41, 5.74) is 7.45. The van der Waals surface area contributed by atoms with E-state index >= 15 is 0 Å². The fraction of sp³-hybridized carbons (Fsp3) is 0.565. The molecule has 0 fully saturated rings. The highest BCUT2D eigenvalue weighted by Gasteiger charge is 2.22. The molecule has 0 heterocycles. The van der Waals surface area contributed by atoms with Crippen LogP contribution in [0.15, 0.2) is 42.0 Å². The van der Waals surface area contributed by atoms with Crippen molar-refractivity contribution >= 4 is 24.5 Å². The molecule has 0 saturated carbocycles. The minimum absolute atomic E-state index is 0.0433. The molecule has 31 heavy (non-hydrogen) atoms. The standard InChI is InChI=1S/C23H37N3O4S/c1-3-16(2)20(25-14-19(24)15-31)10-9-18(13-17-7-5-4-6-8-17)22(28)26-21(11-12-27)23(29)30/h4-9,16,19-21,25,27,31H,3,10-15,24H2,1-2H3,(H,26,28)(H,29,30)/t16-,19+,20-,21+/m0/s1. The monoisotopic (exact) mass is 451 g/mol. The lowest BCUT2D eigenvalue weighted by molar-refractivity contribution is -0.141. The predicted molar refractivity (Wildman–Crippen MR) is 127 cm³/mol. The van der Waals surface area contributed by atoms with Gasteiger partial charge in [0.2, 0.25) is 5.91 Å². The lowest BCUT2D eigenvalue weighted by Crippen LogP contribution is -2.43. The number of rotatable bonds is 15. The average molecular weight is 452 g/mol. The van der Waals surface area contributed by atoms with Crippen molar-refractivity contribution in [3.63, 3.8) is 0 Å². The molecule has 8 heteroatoms. The van der Waals surface area contributed by atoms with E-state index in [1.54, 1.807) is 0 Å². The van der Waals surface area contributed by atoms with Gasteiger partial charge in [0.05, 0.1) is 0 Å². The van der Waals surface area contributed by atoms with E-state index in [9.17, 15) is 14.7 Å². The highest BCUT2D eigenvalue weighted by atomic mass is 32.1. The average Bonchev–Trinajstić information content (AvgIpc) is 2.77. The number of nitrogens with two attached hydrogens (primary N) is 1. The van der Waals surface area contributed by atoms with Crippen molar-refractivity contribution in [2.24, 2.45) is 11.7 Å². The third-order valence-electron chi connectivity index (χ3n) is 5.38. The molecule has 174 valence electrons. The maximum Gasteiger partial charge on any atom is 0.326 e. The van der Waals surface area contributed by atoms with Gasteiger partial charge in [0, 0.05) is 49.4 Å². The van der Waals surface area contributed by atoms with Crippen LogP contribution in [0.3, 0.4) is 0 Å². The Balaban J connectivity index is 3.04. The molecule has 7 nitrogen and oxygen atoms in total. The van der Waals surface area contributed by atoms with Crippen molar-refractivity contribution in [2.45, 2.75) is 57.7 Å². The van der Waals surface area contributed by atoms with E-state index in [0.29, 0.717) is 36.6 Å². The number of carboxylic acids is 1. The maximum absolute atomic E-state index is 12.9. The molecule has 0 aliphatic rings. The van der Waals surface area contributed by atoms with Crippen LogP contribution < -0.4 is 16.4 Å². The fourth-order valence-corrected chi connectivity index (χ4v) is 3.27. The Labute approximate surface area is 190 Å². The summed E-state index contributed by atoms with van der Waals surface area (Å²) in [4.78, 5) is 24.3. The second-order valence-corrected chi connectivity index (χ2v) is 8.21. The normalized spacial score (nSPS) is 15.7. The first kappa shape index (κ1) is 27.2. The molecule has 1 amide bonds. The zero-order valence-electron chi connectivity index (χ0n) is 18.5. The maximum atomic E-state index is 12.9. The molecule has 4 atom stereocenters. The van der Waals surface area contributed by atoms with E-state index in [1.807, 2.05) is 36.4 Å². The summed E-state index contributed by atoms with van der Waals surface area (Å²) in [6.07, 6.45) is 3.82. The van der Waals surface area contributed by atoms with Crippen LogP contribution in [0.5, 0.6) is 0 Å². The van der Waals surface area contributed by atoms with E-state index in [4.69, 9.17) is 10.8 Å². The number of aliphatic hydroxyl groups excluding tert-OH is 1. The zero-order chi connectivity index (χ0) is 23.2. The largest absolute Gasteiger partial charge is 0.480 e. The number of aliphatic carboxylic acids is 1. The number of aliphatic hydroxyl groups is 1. The quantitative estimate of drug-likeness (QED) is 0.178. The van der Waals surface area contributed by atoms with Crippen LogP contribution in [-0.2, 0) is 16.0 Å². The van der Waals surface area contributed by atoms with Crippen LogP contribution in [0.1, 0.15) is 38.7 Å². The van der Waals surface area contributed by atoms with Gasteiger partial charge in [0.1, 0.15) is 6.04 Å². The Hall–Kier alpha value is -1.87. The molecule has 0 aromatic heterocycles. The number of carbonyl (C=O) groups excluding carboxylic acids is 1. The molecule has 0 aliphatic carbocycles. The van der Waals surface area contributed by atoms with Crippen molar-refractivity contribution in [1.29, 1.82) is 0 Å². The number of thiol groups is 1. The van der Waals surface area contributed by atoms with Crippen LogP contribution in [0.25, 0.3) is 0 Å². The van der Waals surface area contributed by atoms with Crippen molar-refractivity contribution in [2.75, 3.05) is 18.9 Å². The van der Waals surface area contributed by atoms with Gasteiger partial charge in [-0.3, -0.25) is 4.79 Å². The van der Waals surface area contributed by atoms with E-state index < -0.39 is 17.9 Å². The van der Waals surface area contributed by atoms with Crippen LogP contribution in [0, 0.1) is 5.92 Å². The minimum Gasteiger partial charge on any atom is -0.480 e. The van der Waals surface area contributed by atoms with E-state index in [0.717, 1.165) is 12.0 Å². The Kier molecular flexibility index (Phi) is 13.2. The summed E-state index contributed by atoms with van der Waals surface area (Å²) in [6, 6.07) is 8.51. The van der Waals surface area contributed by atoms with Gasteiger partial charge >= 0.3 is 5.97 Å². The number of hydrogen-bond donors (Lipinski definition) is 6. The second-order valence-electron chi connectivity index (χ2n) is 7.85. The first-order valence-corrected chi connectivity index (χ1v) is 11.4. The molecular weight excluding hydrogens is 414 g/mol. The van der Waals surface area contributed by atoms with Gasteiger partial charge in [-0.15, -0.1) is 0 Å². The molecule has 0 unspecified atom stereocenters. The SMILES string of the molecule is CC[C@H](C)[C@H](CC=C(Cc1ccccc1)C(=O)N[C@H](CCO)C(=O)O)NC[C@@H](N)CS. The number of benzene rings is 1. The van der Waals surface area contributed by atoms with Gasteiger partial charge in [0.15, 0.2) is 0 Å². The smallest absolute Gasteiger partial charge is 0.326 e. The van der Waals surface area contributed by atoms with Crippen molar-refractivity contribution < 1.29 is 19.8 Å². The summed E-state index contributed by atoms with van der Waals surface area (Å²) < 4.78 is 0. The molecule has 1 aromatic rings. The molecule has 0 bridgehead atoms. The Bertz CT molecular complexity index is 699. The number of carbonyl (C=O) groups is 2. The summed E-state index contributed by atoms with van der Waals surface area (Å²) in [7, 11) is 0. The molecule has 1 aromatic carbocycles. The minimum atomic E-state index is -1.17. The molecule has 0 radical (unpaired) electrons. The molecule has 0 saturated heterocycles. The molecule has 0 aliphatic heterocycles. The summed E-state index contributed by atoms with van der Waals surface area (Å²) in [6.45, 7) is 4.58.